The summed E-state index contributed by atoms with van der Waals surface area (Å²) in [4.78, 5) is 23.3. The number of aliphatic carboxylic acids is 2. The van der Waals surface area contributed by atoms with Crippen LogP contribution < -0.4 is 5.73 Å². The molecule has 0 radical (unpaired) electrons. The van der Waals surface area contributed by atoms with Gasteiger partial charge in [0.1, 0.15) is 11.4 Å². The number of carboxylic acid groups (broad SMARTS) is 2. The van der Waals surface area contributed by atoms with Gasteiger partial charge in [0.25, 0.3) is 0 Å². The number of hydrogen-bond donors (Lipinski definition) is 3. The number of halogens is 1. The molecule has 1 aliphatic carbocycles. The molecule has 4 atom stereocenters. The Balaban J connectivity index is 2.01. The number of benzene rings is 2. The second-order valence-corrected chi connectivity index (χ2v) is 7.31. The van der Waals surface area contributed by atoms with Crippen molar-refractivity contribution in [2.75, 3.05) is 0 Å². The fraction of sp³-hybridized carbons (Fsp3) is 0.333. The monoisotopic (exact) mass is 371 g/mol. The molecular formula is C21H22FNO4. The lowest BCUT2D eigenvalue weighted by molar-refractivity contribution is -0.145. The Morgan fingerprint density at radius 2 is 1.85 bits per heavy atom. The van der Waals surface area contributed by atoms with Crippen LogP contribution in [0.1, 0.15) is 35.4 Å². The molecular weight excluding hydrogens is 349 g/mol. The van der Waals surface area contributed by atoms with Crippen LogP contribution in [0.15, 0.2) is 48.5 Å². The second-order valence-electron chi connectivity index (χ2n) is 7.31. The molecule has 3 rings (SSSR count). The summed E-state index contributed by atoms with van der Waals surface area (Å²) in [5.41, 5.74) is 6.67. The van der Waals surface area contributed by atoms with Gasteiger partial charge in [0, 0.05) is 11.8 Å². The van der Waals surface area contributed by atoms with Crippen molar-refractivity contribution in [3.05, 3.63) is 71.0 Å². The third-order valence-corrected chi connectivity index (χ3v) is 5.50. The van der Waals surface area contributed by atoms with Crippen molar-refractivity contribution in [3.63, 3.8) is 0 Å². The Bertz CT molecular complexity index is 870. The third-order valence-electron chi connectivity index (χ3n) is 5.50. The zero-order valence-electron chi connectivity index (χ0n) is 14.9. The molecule has 27 heavy (non-hydrogen) atoms. The van der Waals surface area contributed by atoms with E-state index in [9.17, 15) is 24.2 Å². The van der Waals surface area contributed by atoms with Crippen LogP contribution >= 0.6 is 0 Å². The highest BCUT2D eigenvalue weighted by atomic mass is 19.1. The largest absolute Gasteiger partial charge is 0.481 e. The molecule has 0 heterocycles. The minimum absolute atomic E-state index is 0.0336. The molecule has 0 bridgehead atoms. The van der Waals surface area contributed by atoms with Gasteiger partial charge in [-0.15, -0.1) is 0 Å². The molecule has 0 spiro atoms. The lowest BCUT2D eigenvalue weighted by Gasteiger charge is -2.30. The van der Waals surface area contributed by atoms with E-state index in [1.54, 1.807) is 19.1 Å². The Morgan fingerprint density at radius 3 is 2.37 bits per heavy atom. The first-order chi connectivity index (χ1) is 12.7. The van der Waals surface area contributed by atoms with Gasteiger partial charge >= 0.3 is 11.9 Å². The van der Waals surface area contributed by atoms with E-state index in [0.717, 1.165) is 11.1 Å². The van der Waals surface area contributed by atoms with Gasteiger partial charge in [0.05, 0.1) is 5.92 Å². The van der Waals surface area contributed by atoms with Gasteiger partial charge in [-0.05, 0) is 42.5 Å². The number of rotatable bonds is 7. The van der Waals surface area contributed by atoms with Crippen LogP contribution in [0.2, 0.25) is 0 Å². The van der Waals surface area contributed by atoms with E-state index in [2.05, 4.69) is 0 Å². The zero-order chi connectivity index (χ0) is 19.8. The van der Waals surface area contributed by atoms with Gasteiger partial charge in [-0.2, -0.15) is 0 Å². The predicted molar refractivity (Wildman–Crippen MR) is 97.8 cm³/mol. The Labute approximate surface area is 156 Å². The minimum atomic E-state index is -1.67. The molecule has 142 valence electrons. The maximum atomic E-state index is 13.7. The molecule has 0 amide bonds. The highest BCUT2D eigenvalue weighted by Gasteiger charge is 2.59. The first kappa shape index (κ1) is 19.0. The van der Waals surface area contributed by atoms with Gasteiger partial charge < -0.3 is 15.9 Å². The predicted octanol–water partition coefficient (Wildman–Crippen LogP) is 3.16. The van der Waals surface area contributed by atoms with Crippen LogP contribution in [0.4, 0.5) is 4.39 Å². The summed E-state index contributed by atoms with van der Waals surface area (Å²) in [7, 11) is 0. The number of hydrogen-bond acceptors (Lipinski definition) is 3. The summed E-state index contributed by atoms with van der Waals surface area (Å²) in [6.45, 7) is 1.65. The summed E-state index contributed by atoms with van der Waals surface area (Å²) < 4.78 is 13.7. The van der Waals surface area contributed by atoms with Crippen LogP contribution in [-0.2, 0) is 9.59 Å². The second kappa shape index (κ2) is 7.12. The van der Waals surface area contributed by atoms with E-state index in [1.165, 1.54) is 6.07 Å². The van der Waals surface area contributed by atoms with Crippen LogP contribution in [0.5, 0.6) is 0 Å². The van der Waals surface area contributed by atoms with Crippen molar-refractivity contribution in [2.24, 2.45) is 17.6 Å². The fourth-order valence-electron chi connectivity index (χ4n) is 3.77. The van der Waals surface area contributed by atoms with E-state index < -0.39 is 29.3 Å². The van der Waals surface area contributed by atoms with E-state index in [-0.39, 0.29) is 24.6 Å². The average Bonchev–Trinajstić information content (AvgIpc) is 3.44. The Hall–Kier alpha value is -2.73. The number of carbonyl (C=O) groups is 2. The van der Waals surface area contributed by atoms with Crippen molar-refractivity contribution in [3.8, 4) is 0 Å². The van der Waals surface area contributed by atoms with Gasteiger partial charge in [-0.1, -0.05) is 42.5 Å². The maximum absolute atomic E-state index is 13.7. The fourth-order valence-corrected chi connectivity index (χ4v) is 3.77. The Kier molecular flexibility index (Phi) is 5.02. The van der Waals surface area contributed by atoms with Crippen LogP contribution in [-0.4, -0.2) is 27.7 Å². The molecule has 6 heteroatoms. The van der Waals surface area contributed by atoms with Gasteiger partial charge in [-0.25, -0.2) is 4.39 Å². The summed E-state index contributed by atoms with van der Waals surface area (Å²) in [5.74, 6) is -4.32. The molecule has 0 aromatic heterocycles. The molecule has 0 saturated heterocycles. The summed E-state index contributed by atoms with van der Waals surface area (Å²) in [6.07, 6.45) is 0.286. The van der Waals surface area contributed by atoms with E-state index >= 15 is 0 Å². The minimum Gasteiger partial charge on any atom is -0.481 e. The first-order valence-corrected chi connectivity index (χ1v) is 8.80. The normalized spacial score (nSPS) is 21.9. The molecule has 1 fully saturated rings. The first-order valence-electron chi connectivity index (χ1n) is 8.80. The van der Waals surface area contributed by atoms with Crippen molar-refractivity contribution < 1.29 is 24.2 Å². The van der Waals surface area contributed by atoms with Crippen LogP contribution in [0.3, 0.4) is 0 Å². The van der Waals surface area contributed by atoms with Crippen molar-refractivity contribution >= 4 is 11.9 Å². The molecule has 5 nitrogen and oxygen atoms in total. The zero-order valence-corrected chi connectivity index (χ0v) is 14.9. The summed E-state index contributed by atoms with van der Waals surface area (Å²) in [5, 5.41) is 19.0. The standard InChI is InChI=1S/C21H22FNO4/c1-12-9-14(7-8-18(12)22)16(13-5-3-2-4-6-13)11-21(23,20(26)27)17-10-15(17)19(24)25/h2-9,15-17H,10-11,23H2,1H3,(H,24,25)(H,26,27). The average molecular weight is 371 g/mol. The number of nitrogens with two attached hydrogens (primary N) is 1. The number of aryl methyl sites for hydroxylation is 1. The topological polar surface area (TPSA) is 101 Å². The van der Waals surface area contributed by atoms with Gasteiger partial charge in [0.2, 0.25) is 0 Å². The third kappa shape index (κ3) is 3.71. The summed E-state index contributed by atoms with van der Waals surface area (Å²) in [6, 6.07) is 14.0. The van der Waals surface area contributed by atoms with Crippen molar-refractivity contribution in [1.82, 2.24) is 0 Å². The van der Waals surface area contributed by atoms with E-state index in [1.807, 2.05) is 30.3 Å². The maximum Gasteiger partial charge on any atom is 0.324 e. The van der Waals surface area contributed by atoms with E-state index in [0.29, 0.717) is 5.56 Å². The Morgan fingerprint density at radius 1 is 1.19 bits per heavy atom. The number of carboxylic acids is 2. The highest BCUT2D eigenvalue weighted by molar-refractivity contribution is 5.83. The summed E-state index contributed by atoms with van der Waals surface area (Å²) >= 11 is 0. The highest BCUT2D eigenvalue weighted by Crippen LogP contribution is 2.49. The lowest BCUT2D eigenvalue weighted by atomic mass is 9.77. The molecule has 2 aromatic rings. The van der Waals surface area contributed by atoms with E-state index in [4.69, 9.17) is 5.73 Å². The molecule has 1 aliphatic rings. The molecule has 0 aliphatic heterocycles. The van der Waals surface area contributed by atoms with Crippen LogP contribution in [0.25, 0.3) is 0 Å². The molecule has 4 N–H and O–H groups in total. The van der Waals surface area contributed by atoms with Crippen molar-refractivity contribution in [1.29, 1.82) is 0 Å². The SMILES string of the molecule is Cc1cc(C(CC(N)(C(=O)O)C2CC2C(=O)O)c2ccccc2)ccc1F. The van der Waals surface area contributed by atoms with Gasteiger partial charge in [-0.3, -0.25) is 9.59 Å². The molecule has 1 saturated carbocycles. The lowest BCUT2D eigenvalue weighted by Crippen LogP contribution is -2.52. The van der Waals surface area contributed by atoms with Crippen molar-refractivity contribution in [2.45, 2.75) is 31.2 Å². The van der Waals surface area contributed by atoms with Gasteiger partial charge in [0.15, 0.2) is 0 Å². The van der Waals surface area contributed by atoms with Crippen LogP contribution in [0, 0.1) is 24.6 Å². The quantitative estimate of drug-likeness (QED) is 0.694. The molecule has 2 aromatic carbocycles. The molecule has 4 unspecified atom stereocenters. The smallest absolute Gasteiger partial charge is 0.324 e.